The molecule has 0 unspecified atom stereocenters. The number of hydrogen-bond acceptors (Lipinski definition) is 4. The third-order valence-electron chi connectivity index (χ3n) is 1.68. The van der Waals surface area contributed by atoms with Crippen LogP contribution in [0.4, 0.5) is 5.69 Å². The van der Waals surface area contributed by atoms with E-state index in [0.29, 0.717) is 11.4 Å². The van der Waals surface area contributed by atoms with Gasteiger partial charge in [0.05, 0.1) is 11.9 Å². The molecule has 6 heteroatoms. The summed E-state index contributed by atoms with van der Waals surface area (Å²) in [6.07, 6.45) is 1.06. The highest BCUT2D eigenvalue weighted by Gasteiger charge is 2.16. The summed E-state index contributed by atoms with van der Waals surface area (Å²) in [6, 6.07) is 4.22. The fraction of sp³-hybridized carbons (Fsp3) is 0.455. The van der Waals surface area contributed by atoms with Crippen molar-refractivity contribution in [2.75, 3.05) is 11.0 Å². The fourth-order valence-corrected chi connectivity index (χ4v) is 1.78. The standard InChI is InChI=1S/C11H17NO4S/c1-11(2,3)16-10-7-8(13)5-6-9(10)12-17(4,14)15/h5-7,12-13H,1-4H3. The number of rotatable bonds is 3. The first-order chi connectivity index (χ1) is 7.57. The molecule has 1 rings (SSSR count). The third kappa shape index (κ3) is 4.95. The molecule has 1 aromatic carbocycles. The monoisotopic (exact) mass is 259 g/mol. The molecule has 0 aliphatic carbocycles. The van der Waals surface area contributed by atoms with Crippen LogP contribution in [0.5, 0.6) is 11.5 Å². The second-order valence-electron chi connectivity index (χ2n) is 4.77. The first-order valence-electron chi connectivity index (χ1n) is 5.07. The number of sulfonamides is 1. The molecule has 0 bridgehead atoms. The molecule has 0 fully saturated rings. The maximum absolute atomic E-state index is 11.2. The van der Waals surface area contributed by atoms with Gasteiger partial charge in [0.2, 0.25) is 10.0 Å². The Balaban J connectivity index is 3.13. The molecular weight excluding hydrogens is 242 g/mol. The van der Waals surface area contributed by atoms with E-state index in [1.54, 1.807) is 0 Å². The van der Waals surface area contributed by atoms with Gasteiger partial charge in [0, 0.05) is 6.07 Å². The molecule has 17 heavy (non-hydrogen) atoms. The molecule has 5 nitrogen and oxygen atoms in total. The molecule has 0 spiro atoms. The molecule has 0 aromatic heterocycles. The zero-order valence-electron chi connectivity index (χ0n) is 10.3. The van der Waals surface area contributed by atoms with Crippen molar-refractivity contribution >= 4 is 15.7 Å². The van der Waals surface area contributed by atoms with Gasteiger partial charge in [-0.05, 0) is 32.9 Å². The second kappa shape index (κ2) is 4.44. The smallest absolute Gasteiger partial charge is 0.229 e. The maximum Gasteiger partial charge on any atom is 0.229 e. The Labute approximate surface area is 101 Å². The summed E-state index contributed by atoms with van der Waals surface area (Å²) < 4.78 is 30.3. The number of hydrogen-bond donors (Lipinski definition) is 2. The highest BCUT2D eigenvalue weighted by molar-refractivity contribution is 7.92. The van der Waals surface area contributed by atoms with Crippen LogP contribution in [0, 0.1) is 0 Å². The van der Waals surface area contributed by atoms with Crippen molar-refractivity contribution in [3.63, 3.8) is 0 Å². The summed E-state index contributed by atoms with van der Waals surface area (Å²) in [4.78, 5) is 0. The first kappa shape index (κ1) is 13.6. The number of benzene rings is 1. The normalized spacial score (nSPS) is 12.2. The fourth-order valence-electron chi connectivity index (χ4n) is 1.21. The summed E-state index contributed by atoms with van der Waals surface area (Å²) in [5.41, 5.74) is -0.179. The van der Waals surface area contributed by atoms with Crippen LogP contribution in [-0.2, 0) is 10.0 Å². The zero-order valence-corrected chi connectivity index (χ0v) is 11.1. The van der Waals surface area contributed by atoms with Gasteiger partial charge in [-0.2, -0.15) is 0 Å². The van der Waals surface area contributed by atoms with Crippen LogP contribution in [0.15, 0.2) is 18.2 Å². The molecule has 96 valence electrons. The number of phenols is 1. The minimum Gasteiger partial charge on any atom is -0.508 e. The van der Waals surface area contributed by atoms with Crippen LogP contribution in [-0.4, -0.2) is 25.4 Å². The van der Waals surface area contributed by atoms with Gasteiger partial charge in [0.15, 0.2) is 0 Å². The summed E-state index contributed by atoms with van der Waals surface area (Å²) in [5.74, 6) is 0.311. The van der Waals surface area contributed by atoms with E-state index in [1.165, 1.54) is 18.2 Å². The van der Waals surface area contributed by atoms with E-state index < -0.39 is 15.6 Å². The Morgan fingerprint density at radius 3 is 2.35 bits per heavy atom. The Kier molecular flexibility index (Phi) is 3.56. The molecule has 0 aliphatic heterocycles. The molecule has 0 saturated heterocycles. The lowest BCUT2D eigenvalue weighted by atomic mass is 10.2. The predicted molar refractivity (Wildman–Crippen MR) is 67.0 cm³/mol. The number of ether oxygens (including phenoxy) is 1. The Bertz CT molecular complexity index is 503. The van der Waals surface area contributed by atoms with Crippen molar-refractivity contribution in [1.29, 1.82) is 0 Å². The largest absolute Gasteiger partial charge is 0.508 e. The van der Waals surface area contributed by atoms with Gasteiger partial charge >= 0.3 is 0 Å². The molecule has 0 radical (unpaired) electrons. The lowest BCUT2D eigenvalue weighted by molar-refractivity contribution is 0.131. The van der Waals surface area contributed by atoms with Gasteiger partial charge < -0.3 is 9.84 Å². The average Bonchev–Trinajstić information content (AvgIpc) is 2.05. The van der Waals surface area contributed by atoms with Gasteiger partial charge in [-0.1, -0.05) is 0 Å². The van der Waals surface area contributed by atoms with E-state index in [4.69, 9.17) is 4.74 Å². The van der Waals surface area contributed by atoms with E-state index in [9.17, 15) is 13.5 Å². The number of nitrogens with one attached hydrogen (secondary N) is 1. The third-order valence-corrected chi connectivity index (χ3v) is 2.27. The number of aromatic hydroxyl groups is 1. The van der Waals surface area contributed by atoms with E-state index in [1.807, 2.05) is 20.8 Å². The van der Waals surface area contributed by atoms with Crippen LogP contribution in [0.2, 0.25) is 0 Å². The van der Waals surface area contributed by atoms with Crippen molar-refractivity contribution in [2.24, 2.45) is 0 Å². The van der Waals surface area contributed by atoms with Crippen LogP contribution in [0.3, 0.4) is 0 Å². The molecule has 0 saturated carbocycles. The SMILES string of the molecule is CC(C)(C)Oc1cc(O)ccc1NS(C)(=O)=O. The Morgan fingerprint density at radius 2 is 1.88 bits per heavy atom. The molecule has 0 amide bonds. The lowest BCUT2D eigenvalue weighted by Crippen LogP contribution is -2.24. The maximum atomic E-state index is 11.2. The van der Waals surface area contributed by atoms with Gasteiger partial charge in [0.1, 0.15) is 17.1 Å². The summed E-state index contributed by atoms with van der Waals surface area (Å²) in [5, 5.41) is 9.38. The Morgan fingerprint density at radius 1 is 1.29 bits per heavy atom. The molecule has 0 heterocycles. The minimum absolute atomic E-state index is 0.0169. The van der Waals surface area contributed by atoms with E-state index >= 15 is 0 Å². The minimum atomic E-state index is -3.38. The van der Waals surface area contributed by atoms with Crippen LogP contribution < -0.4 is 9.46 Å². The lowest BCUT2D eigenvalue weighted by Gasteiger charge is -2.23. The summed E-state index contributed by atoms with van der Waals surface area (Å²) in [7, 11) is -3.38. The first-order valence-corrected chi connectivity index (χ1v) is 6.96. The van der Waals surface area contributed by atoms with Gasteiger partial charge in [0.25, 0.3) is 0 Å². The van der Waals surface area contributed by atoms with Crippen molar-refractivity contribution in [1.82, 2.24) is 0 Å². The highest BCUT2D eigenvalue weighted by Crippen LogP contribution is 2.32. The van der Waals surface area contributed by atoms with Crippen molar-refractivity contribution in [2.45, 2.75) is 26.4 Å². The van der Waals surface area contributed by atoms with Gasteiger partial charge in [-0.3, -0.25) is 4.72 Å². The molecule has 0 atom stereocenters. The summed E-state index contributed by atoms with van der Waals surface area (Å²) >= 11 is 0. The summed E-state index contributed by atoms with van der Waals surface area (Å²) in [6.45, 7) is 5.50. The highest BCUT2D eigenvalue weighted by atomic mass is 32.2. The zero-order chi connectivity index (χ0) is 13.3. The Hall–Kier alpha value is -1.43. The average molecular weight is 259 g/mol. The van der Waals surface area contributed by atoms with Crippen LogP contribution in [0.25, 0.3) is 0 Å². The van der Waals surface area contributed by atoms with Gasteiger partial charge in [-0.15, -0.1) is 0 Å². The van der Waals surface area contributed by atoms with E-state index in [2.05, 4.69) is 4.72 Å². The van der Waals surface area contributed by atoms with E-state index in [-0.39, 0.29) is 5.75 Å². The van der Waals surface area contributed by atoms with Crippen molar-refractivity contribution in [3.8, 4) is 11.5 Å². The molecular formula is C11H17NO4S. The molecule has 1 aromatic rings. The second-order valence-corrected chi connectivity index (χ2v) is 6.52. The molecule has 0 aliphatic rings. The number of anilines is 1. The predicted octanol–water partition coefficient (Wildman–Crippen LogP) is 1.94. The van der Waals surface area contributed by atoms with Gasteiger partial charge in [-0.25, -0.2) is 8.42 Å². The van der Waals surface area contributed by atoms with Crippen LogP contribution >= 0.6 is 0 Å². The molecule has 2 N–H and O–H groups in total. The van der Waals surface area contributed by atoms with E-state index in [0.717, 1.165) is 6.26 Å². The number of phenolic OH excluding ortho intramolecular Hbond substituents is 1. The van der Waals surface area contributed by atoms with Crippen LogP contribution in [0.1, 0.15) is 20.8 Å². The quantitative estimate of drug-likeness (QED) is 0.813. The topological polar surface area (TPSA) is 75.6 Å². The van der Waals surface area contributed by atoms with Crippen molar-refractivity contribution in [3.05, 3.63) is 18.2 Å². The van der Waals surface area contributed by atoms with Crippen molar-refractivity contribution < 1.29 is 18.3 Å².